The molecule has 2 heteroatoms. The molecule has 0 spiro atoms. The molecule has 1 aromatic rings. The number of rotatable bonds is 0. The SMILES string of the molecule is Cc1cc2c(cc1O)C[C@]1(O)CCCC(C)(C)[C@@H]1CC2. The number of hydrogen-bond acceptors (Lipinski definition) is 2. The van der Waals surface area contributed by atoms with Crippen LogP contribution >= 0.6 is 0 Å². The lowest BCUT2D eigenvalue weighted by atomic mass is 9.59. The maximum atomic E-state index is 11.2. The number of phenols is 1. The van der Waals surface area contributed by atoms with Crippen LogP contribution in [0.25, 0.3) is 0 Å². The van der Waals surface area contributed by atoms with Crippen LogP contribution < -0.4 is 0 Å². The third kappa shape index (κ3) is 2.14. The van der Waals surface area contributed by atoms with Gasteiger partial charge in [-0.2, -0.15) is 0 Å². The second-order valence-electron chi connectivity index (χ2n) is 7.62. The molecule has 0 amide bonds. The minimum Gasteiger partial charge on any atom is -0.508 e. The molecule has 3 rings (SSSR count). The van der Waals surface area contributed by atoms with Crippen LogP contribution in [0.15, 0.2) is 12.1 Å². The largest absolute Gasteiger partial charge is 0.508 e. The predicted octanol–water partition coefficient (Wildman–Crippen LogP) is 3.75. The molecule has 2 N–H and O–H groups in total. The van der Waals surface area contributed by atoms with Crippen LogP contribution in [0, 0.1) is 18.3 Å². The summed E-state index contributed by atoms with van der Waals surface area (Å²) in [4.78, 5) is 0. The van der Waals surface area contributed by atoms with Crippen LogP contribution in [0.4, 0.5) is 0 Å². The number of aliphatic hydroxyl groups is 1. The Labute approximate surface area is 121 Å². The Morgan fingerprint density at radius 1 is 1.15 bits per heavy atom. The Balaban J connectivity index is 2.03. The molecule has 0 aromatic heterocycles. The van der Waals surface area contributed by atoms with Crippen molar-refractivity contribution in [1.82, 2.24) is 0 Å². The summed E-state index contributed by atoms with van der Waals surface area (Å²) in [6.45, 7) is 6.56. The molecule has 0 unspecified atom stereocenters. The van der Waals surface area contributed by atoms with Gasteiger partial charge in [0.1, 0.15) is 5.75 Å². The fraction of sp³-hybridized carbons (Fsp3) is 0.667. The highest BCUT2D eigenvalue weighted by molar-refractivity contribution is 5.43. The van der Waals surface area contributed by atoms with Gasteiger partial charge in [0.2, 0.25) is 0 Å². The summed E-state index contributed by atoms with van der Waals surface area (Å²) >= 11 is 0. The van der Waals surface area contributed by atoms with Gasteiger partial charge >= 0.3 is 0 Å². The van der Waals surface area contributed by atoms with Gasteiger partial charge in [-0.15, -0.1) is 0 Å². The van der Waals surface area contributed by atoms with Crippen molar-refractivity contribution in [3.8, 4) is 5.75 Å². The summed E-state index contributed by atoms with van der Waals surface area (Å²) in [7, 11) is 0. The maximum absolute atomic E-state index is 11.2. The molecule has 2 atom stereocenters. The molecule has 2 nitrogen and oxygen atoms in total. The van der Waals surface area contributed by atoms with Crippen molar-refractivity contribution in [2.45, 2.75) is 64.9 Å². The van der Waals surface area contributed by atoms with Crippen LogP contribution in [0.1, 0.15) is 56.2 Å². The molecule has 0 bridgehead atoms. The van der Waals surface area contributed by atoms with E-state index in [9.17, 15) is 10.2 Å². The van der Waals surface area contributed by atoms with Crippen molar-refractivity contribution in [1.29, 1.82) is 0 Å². The van der Waals surface area contributed by atoms with Crippen LogP contribution in [0.3, 0.4) is 0 Å². The van der Waals surface area contributed by atoms with Gasteiger partial charge in [-0.3, -0.25) is 0 Å². The van der Waals surface area contributed by atoms with E-state index in [0.29, 0.717) is 18.1 Å². The lowest BCUT2D eigenvalue weighted by Crippen LogP contribution is -2.49. The van der Waals surface area contributed by atoms with E-state index in [4.69, 9.17) is 0 Å². The van der Waals surface area contributed by atoms with E-state index in [1.54, 1.807) is 0 Å². The zero-order valence-corrected chi connectivity index (χ0v) is 12.9. The number of hydrogen-bond donors (Lipinski definition) is 2. The van der Waals surface area contributed by atoms with E-state index in [1.807, 2.05) is 13.0 Å². The molecule has 2 aliphatic carbocycles. The van der Waals surface area contributed by atoms with E-state index in [1.165, 1.54) is 12.0 Å². The Morgan fingerprint density at radius 2 is 1.90 bits per heavy atom. The van der Waals surface area contributed by atoms with E-state index < -0.39 is 5.60 Å². The summed E-state index contributed by atoms with van der Waals surface area (Å²) in [5, 5.41) is 21.2. The van der Waals surface area contributed by atoms with Gasteiger partial charge in [-0.1, -0.05) is 26.3 Å². The Bertz CT molecular complexity index is 532. The highest BCUT2D eigenvalue weighted by atomic mass is 16.3. The second-order valence-corrected chi connectivity index (χ2v) is 7.62. The van der Waals surface area contributed by atoms with Crippen molar-refractivity contribution in [2.24, 2.45) is 11.3 Å². The highest BCUT2D eigenvalue weighted by Gasteiger charge is 2.49. The van der Waals surface area contributed by atoms with Crippen molar-refractivity contribution in [2.75, 3.05) is 0 Å². The van der Waals surface area contributed by atoms with Gasteiger partial charge in [0, 0.05) is 6.42 Å². The summed E-state index contributed by atoms with van der Waals surface area (Å²) in [5.74, 6) is 0.722. The molecule has 110 valence electrons. The first-order valence-corrected chi connectivity index (χ1v) is 7.86. The number of aromatic hydroxyl groups is 1. The maximum Gasteiger partial charge on any atom is 0.118 e. The molecule has 1 fully saturated rings. The van der Waals surface area contributed by atoms with Crippen LogP contribution in [-0.2, 0) is 12.8 Å². The fourth-order valence-corrected chi connectivity index (χ4v) is 4.62. The molecule has 0 heterocycles. The molecular formula is C18H26O2. The third-order valence-electron chi connectivity index (χ3n) is 5.74. The molecule has 20 heavy (non-hydrogen) atoms. The Morgan fingerprint density at radius 3 is 2.65 bits per heavy atom. The first-order chi connectivity index (χ1) is 9.32. The molecule has 0 radical (unpaired) electrons. The van der Waals surface area contributed by atoms with Gasteiger partial charge in [0.15, 0.2) is 0 Å². The van der Waals surface area contributed by atoms with E-state index in [0.717, 1.165) is 36.8 Å². The third-order valence-corrected chi connectivity index (χ3v) is 5.74. The average molecular weight is 274 g/mol. The van der Waals surface area contributed by atoms with Crippen LogP contribution in [0.5, 0.6) is 5.75 Å². The number of aryl methyl sites for hydroxylation is 2. The van der Waals surface area contributed by atoms with Crippen molar-refractivity contribution in [3.05, 3.63) is 28.8 Å². The van der Waals surface area contributed by atoms with E-state index in [-0.39, 0.29) is 5.41 Å². The lowest BCUT2D eigenvalue weighted by molar-refractivity contribution is -0.102. The van der Waals surface area contributed by atoms with Gasteiger partial charge in [0.05, 0.1) is 5.60 Å². The molecule has 2 aliphatic rings. The summed E-state index contributed by atoms with van der Waals surface area (Å²) in [5.41, 5.74) is 3.04. The average Bonchev–Trinajstić information content (AvgIpc) is 2.46. The minimum absolute atomic E-state index is 0.214. The quantitative estimate of drug-likeness (QED) is 0.756. The molecule has 1 saturated carbocycles. The number of benzene rings is 1. The van der Waals surface area contributed by atoms with Crippen molar-refractivity contribution >= 4 is 0 Å². The van der Waals surface area contributed by atoms with E-state index in [2.05, 4.69) is 19.9 Å². The summed E-state index contributed by atoms with van der Waals surface area (Å²) in [6, 6.07) is 3.99. The van der Waals surface area contributed by atoms with E-state index >= 15 is 0 Å². The van der Waals surface area contributed by atoms with Crippen LogP contribution in [0.2, 0.25) is 0 Å². The smallest absolute Gasteiger partial charge is 0.118 e. The monoisotopic (exact) mass is 274 g/mol. The Kier molecular flexibility index (Phi) is 3.13. The van der Waals surface area contributed by atoms with Crippen molar-refractivity contribution < 1.29 is 10.2 Å². The topological polar surface area (TPSA) is 40.5 Å². The Hall–Kier alpha value is -1.02. The molecule has 0 saturated heterocycles. The summed E-state index contributed by atoms with van der Waals surface area (Å²) < 4.78 is 0. The predicted molar refractivity (Wildman–Crippen MR) is 80.9 cm³/mol. The standard InChI is InChI=1S/C18H26O2/c1-12-9-13-5-6-16-17(2,3)7-4-8-18(16,20)11-14(13)10-15(12)19/h9-10,16,19-20H,4-8,11H2,1-3H3/t16-,18+/m0/s1. The van der Waals surface area contributed by atoms with Gasteiger partial charge < -0.3 is 10.2 Å². The van der Waals surface area contributed by atoms with Gasteiger partial charge in [-0.25, -0.2) is 0 Å². The normalized spacial score (nSPS) is 32.1. The summed E-state index contributed by atoms with van der Waals surface area (Å²) in [6.07, 6.45) is 5.99. The number of fused-ring (bicyclic) bond motifs is 2. The number of phenolic OH excluding ortho intramolecular Hbond substituents is 1. The first kappa shape index (κ1) is 13.9. The fourth-order valence-electron chi connectivity index (χ4n) is 4.62. The first-order valence-electron chi connectivity index (χ1n) is 7.86. The highest BCUT2D eigenvalue weighted by Crippen LogP contribution is 2.51. The minimum atomic E-state index is -0.589. The molecule has 0 aliphatic heterocycles. The van der Waals surface area contributed by atoms with Gasteiger partial charge in [0.25, 0.3) is 0 Å². The zero-order valence-electron chi connectivity index (χ0n) is 12.9. The molecule has 1 aromatic carbocycles. The second kappa shape index (κ2) is 4.49. The van der Waals surface area contributed by atoms with Gasteiger partial charge in [-0.05, 0) is 66.7 Å². The lowest BCUT2D eigenvalue weighted by Gasteiger charge is -2.49. The van der Waals surface area contributed by atoms with Crippen molar-refractivity contribution in [3.63, 3.8) is 0 Å². The molecular weight excluding hydrogens is 248 g/mol. The zero-order chi connectivity index (χ0) is 14.5. The van der Waals surface area contributed by atoms with Crippen LogP contribution in [-0.4, -0.2) is 15.8 Å².